The maximum Gasteiger partial charge on any atom is 0.263 e. The predicted molar refractivity (Wildman–Crippen MR) is 75.2 cm³/mol. The maximum absolute atomic E-state index is 12.4. The Labute approximate surface area is 113 Å². The number of carbonyl (C=O) groups excluding carboxylic acids is 1. The standard InChI is InChI=1S/C15H20N2O2/c1-4-9-17-10-5-6-13(15(17)19)14(18)16(3)11(2)12-7-8-12/h4-6,10-12H,1,7-9H2,2-3H3/t11-/m1/s1. The summed E-state index contributed by atoms with van der Waals surface area (Å²) in [5.74, 6) is 0.399. The zero-order chi connectivity index (χ0) is 14.0. The lowest BCUT2D eigenvalue weighted by Gasteiger charge is -2.24. The molecule has 0 aliphatic heterocycles. The van der Waals surface area contributed by atoms with Gasteiger partial charge in [-0.15, -0.1) is 6.58 Å². The lowest BCUT2D eigenvalue weighted by atomic mass is 10.1. The Morgan fingerprint density at radius 2 is 2.32 bits per heavy atom. The van der Waals surface area contributed by atoms with Gasteiger partial charge in [-0.25, -0.2) is 0 Å². The van der Waals surface area contributed by atoms with Crippen LogP contribution >= 0.6 is 0 Å². The number of pyridine rings is 1. The van der Waals surface area contributed by atoms with Crippen LogP contribution in [0.5, 0.6) is 0 Å². The Hall–Kier alpha value is -1.84. The average Bonchev–Trinajstić information content (AvgIpc) is 3.23. The zero-order valence-electron chi connectivity index (χ0n) is 11.5. The first kappa shape index (κ1) is 13.6. The van der Waals surface area contributed by atoms with E-state index < -0.39 is 0 Å². The van der Waals surface area contributed by atoms with Gasteiger partial charge in [-0.3, -0.25) is 9.59 Å². The van der Waals surface area contributed by atoms with E-state index in [9.17, 15) is 9.59 Å². The highest BCUT2D eigenvalue weighted by molar-refractivity contribution is 5.93. The summed E-state index contributed by atoms with van der Waals surface area (Å²) in [5, 5.41) is 0. The predicted octanol–water partition coefficient (Wildman–Crippen LogP) is 1.90. The minimum atomic E-state index is -0.248. The van der Waals surface area contributed by atoms with Crippen LogP contribution in [0.2, 0.25) is 0 Å². The van der Waals surface area contributed by atoms with Gasteiger partial charge in [-0.2, -0.15) is 0 Å². The van der Waals surface area contributed by atoms with Gasteiger partial charge in [0.15, 0.2) is 0 Å². The number of allylic oxidation sites excluding steroid dienone is 1. The van der Waals surface area contributed by atoms with E-state index in [1.165, 1.54) is 17.4 Å². The summed E-state index contributed by atoms with van der Waals surface area (Å²) in [4.78, 5) is 26.3. The van der Waals surface area contributed by atoms with Crippen molar-refractivity contribution in [3.8, 4) is 0 Å². The van der Waals surface area contributed by atoms with Crippen molar-refractivity contribution in [1.29, 1.82) is 0 Å². The van der Waals surface area contributed by atoms with Crippen molar-refractivity contribution in [2.75, 3.05) is 7.05 Å². The largest absolute Gasteiger partial charge is 0.339 e. The molecule has 4 nitrogen and oxygen atoms in total. The van der Waals surface area contributed by atoms with Crippen molar-refractivity contribution >= 4 is 5.91 Å². The molecular weight excluding hydrogens is 240 g/mol. The molecule has 1 aliphatic rings. The summed E-state index contributed by atoms with van der Waals surface area (Å²) in [7, 11) is 1.77. The summed E-state index contributed by atoms with van der Waals surface area (Å²) >= 11 is 0. The second-order valence-electron chi connectivity index (χ2n) is 5.16. The Balaban J connectivity index is 2.25. The normalized spacial score (nSPS) is 15.9. The lowest BCUT2D eigenvalue weighted by molar-refractivity contribution is 0.0725. The molecule has 0 radical (unpaired) electrons. The Morgan fingerprint density at radius 1 is 1.63 bits per heavy atom. The van der Waals surface area contributed by atoms with Crippen LogP contribution in [-0.2, 0) is 6.54 Å². The fourth-order valence-electron chi connectivity index (χ4n) is 2.25. The highest BCUT2D eigenvalue weighted by atomic mass is 16.2. The van der Waals surface area contributed by atoms with E-state index in [0.717, 1.165) is 0 Å². The fraction of sp³-hybridized carbons (Fsp3) is 0.467. The second kappa shape index (κ2) is 5.43. The van der Waals surface area contributed by atoms with Crippen molar-refractivity contribution in [2.45, 2.75) is 32.4 Å². The average molecular weight is 260 g/mol. The van der Waals surface area contributed by atoms with E-state index in [4.69, 9.17) is 0 Å². The van der Waals surface area contributed by atoms with Gasteiger partial charge in [-0.1, -0.05) is 6.08 Å². The molecule has 102 valence electrons. The Morgan fingerprint density at radius 3 is 2.89 bits per heavy atom. The number of nitrogens with zero attached hydrogens (tertiary/aromatic N) is 2. The molecule has 0 spiro atoms. The molecule has 0 N–H and O–H groups in total. The molecule has 19 heavy (non-hydrogen) atoms. The SMILES string of the molecule is C=CCn1cccc(C(=O)N(C)[C@H](C)C2CC2)c1=O. The summed E-state index contributed by atoms with van der Waals surface area (Å²) < 4.78 is 1.50. The van der Waals surface area contributed by atoms with E-state index in [2.05, 4.69) is 6.58 Å². The summed E-state index contributed by atoms with van der Waals surface area (Å²) in [6.45, 7) is 6.07. The first-order valence-electron chi connectivity index (χ1n) is 6.63. The van der Waals surface area contributed by atoms with Gasteiger partial charge in [0.1, 0.15) is 5.56 Å². The molecule has 1 fully saturated rings. The number of aromatic nitrogens is 1. The van der Waals surface area contributed by atoms with Crippen LogP contribution < -0.4 is 5.56 Å². The summed E-state index contributed by atoms with van der Waals surface area (Å²) in [6, 6.07) is 3.52. The Bertz CT molecular complexity index is 543. The number of amides is 1. The minimum absolute atomic E-state index is 0.192. The van der Waals surface area contributed by atoms with Crippen molar-refractivity contribution in [3.63, 3.8) is 0 Å². The van der Waals surface area contributed by atoms with Gasteiger partial charge in [-0.05, 0) is 37.8 Å². The third-order valence-electron chi connectivity index (χ3n) is 3.81. The van der Waals surface area contributed by atoms with Crippen LogP contribution in [0.1, 0.15) is 30.1 Å². The van der Waals surface area contributed by atoms with Gasteiger partial charge in [0, 0.05) is 25.8 Å². The van der Waals surface area contributed by atoms with E-state index in [-0.39, 0.29) is 23.1 Å². The highest BCUT2D eigenvalue weighted by Crippen LogP contribution is 2.34. The van der Waals surface area contributed by atoms with Crippen LogP contribution in [0.25, 0.3) is 0 Å². The van der Waals surface area contributed by atoms with E-state index in [0.29, 0.717) is 12.5 Å². The first-order chi connectivity index (χ1) is 9.06. The van der Waals surface area contributed by atoms with Crippen molar-refractivity contribution in [2.24, 2.45) is 5.92 Å². The molecule has 0 aromatic carbocycles. The van der Waals surface area contributed by atoms with Crippen molar-refractivity contribution in [3.05, 3.63) is 46.9 Å². The molecule has 1 aromatic rings. The van der Waals surface area contributed by atoms with Gasteiger partial charge in [0.25, 0.3) is 11.5 Å². The third kappa shape index (κ3) is 2.78. The molecule has 1 amide bonds. The van der Waals surface area contributed by atoms with Gasteiger partial charge in [0.05, 0.1) is 0 Å². The maximum atomic E-state index is 12.4. The molecular formula is C15H20N2O2. The fourth-order valence-corrected chi connectivity index (χ4v) is 2.25. The molecule has 0 bridgehead atoms. The third-order valence-corrected chi connectivity index (χ3v) is 3.81. The lowest BCUT2D eigenvalue weighted by Crippen LogP contribution is -2.40. The molecule has 2 rings (SSSR count). The first-order valence-corrected chi connectivity index (χ1v) is 6.63. The monoisotopic (exact) mass is 260 g/mol. The topological polar surface area (TPSA) is 42.3 Å². The molecule has 1 aromatic heterocycles. The minimum Gasteiger partial charge on any atom is -0.339 e. The number of hydrogen-bond donors (Lipinski definition) is 0. The molecule has 1 atom stereocenters. The van der Waals surface area contributed by atoms with Crippen molar-refractivity contribution < 1.29 is 4.79 Å². The number of rotatable bonds is 5. The molecule has 0 saturated heterocycles. The number of carbonyl (C=O) groups is 1. The highest BCUT2D eigenvalue weighted by Gasteiger charge is 2.33. The van der Waals surface area contributed by atoms with E-state index >= 15 is 0 Å². The van der Waals surface area contributed by atoms with Gasteiger partial charge < -0.3 is 9.47 Å². The summed E-state index contributed by atoms with van der Waals surface area (Å²) in [6.07, 6.45) is 5.67. The smallest absolute Gasteiger partial charge is 0.263 e. The van der Waals surface area contributed by atoms with Crippen LogP contribution in [0.4, 0.5) is 0 Å². The van der Waals surface area contributed by atoms with Crippen molar-refractivity contribution in [1.82, 2.24) is 9.47 Å². The van der Waals surface area contributed by atoms with E-state index in [1.54, 1.807) is 36.4 Å². The molecule has 1 aliphatic carbocycles. The van der Waals surface area contributed by atoms with Gasteiger partial charge in [0.2, 0.25) is 0 Å². The summed E-state index contributed by atoms with van der Waals surface area (Å²) in [5.41, 5.74) is -0.0124. The van der Waals surface area contributed by atoms with Crippen LogP contribution in [0.3, 0.4) is 0 Å². The van der Waals surface area contributed by atoms with Gasteiger partial charge >= 0.3 is 0 Å². The Kier molecular flexibility index (Phi) is 3.88. The zero-order valence-corrected chi connectivity index (χ0v) is 11.5. The number of hydrogen-bond acceptors (Lipinski definition) is 2. The molecule has 0 unspecified atom stereocenters. The van der Waals surface area contributed by atoms with Crippen LogP contribution in [0, 0.1) is 5.92 Å². The molecule has 1 saturated carbocycles. The molecule has 4 heteroatoms. The molecule has 1 heterocycles. The van der Waals surface area contributed by atoms with E-state index in [1.807, 2.05) is 6.92 Å². The van der Waals surface area contributed by atoms with Crippen LogP contribution in [0.15, 0.2) is 35.8 Å². The second-order valence-corrected chi connectivity index (χ2v) is 5.16. The van der Waals surface area contributed by atoms with Crippen LogP contribution in [-0.4, -0.2) is 28.5 Å². The quantitative estimate of drug-likeness (QED) is 0.759.